The van der Waals surface area contributed by atoms with Crippen LogP contribution in [0.3, 0.4) is 0 Å². The molecule has 1 aromatic carbocycles. The highest BCUT2D eigenvalue weighted by atomic mass is 16.5. The molecule has 4 heteroatoms. The maximum absolute atomic E-state index is 11.7. The summed E-state index contributed by atoms with van der Waals surface area (Å²) in [6.07, 6.45) is -0.627. The number of nitrogens with one attached hydrogen (secondary N) is 1. The van der Waals surface area contributed by atoms with Gasteiger partial charge in [-0.1, -0.05) is 39.0 Å². The smallest absolute Gasteiger partial charge is 0.287 e. The van der Waals surface area contributed by atoms with Crippen LogP contribution in [-0.2, 0) is 4.79 Å². The number of carbonyl (C=O) groups is 1. The molecule has 0 fully saturated rings. The molecule has 2 rings (SSSR count). The number of nitrogens with zero attached hydrogens (tertiary/aromatic N) is 1. The van der Waals surface area contributed by atoms with Crippen LogP contribution in [0.15, 0.2) is 35.4 Å². The molecule has 1 aromatic rings. The lowest BCUT2D eigenvalue weighted by Crippen LogP contribution is -2.40. The van der Waals surface area contributed by atoms with Gasteiger partial charge in [0.15, 0.2) is 0 Å². The first-order valence-corrected chi connectivity index (χ1v) is 5.58. The second-order valence-corrected chi connectivity index (χ2v) is 5.03. The minimum Gasteiger partial charge on any atom is -0.474 e. The Morgan fingerprint density at radius 3 is 2.47 bits per heavy atom. The van der Waals surface area contributed by atoms with Crippen LogP contribution < -0.4 is 10.2 Å². The van der Waals surface area contributed by atoms with E-state index in [0.717, 1.165) is 5.71 Å². The molecular weight excluding hydrogens is 216 g/mol. The molecule has 0 spiro atoms. The molecule has 4 nitrogen and oxygen atoms in total. The van der Waals surface area contributed by atoms with Gasteiger partial charge in [-0.25, -0.2) is 5.43 Å². The van der Waals surface area contributed by atoms with E-state index in [9.17, 15) is 4.79 Å². The van der Waals surface area contributed by atoms with Gasteiger partial charge >= 0.3 is 0 Å². The van der Waals surface area contributed by atoms with Crippen molar-refractivity contribution < 1.29 is 9.53 Å². The van der Waals surface area contributed by atoms with Crippen molar-refractivity contribution in [2.45, 2.75) is 26.9 Å². The molecule has 0 bridgehead atoms. The Hall–Kier alpha value is -1.84. The van der Waals surface area contributed by atoms with Gasteiger partial charge in [0, 0.05) is 5.41 Å². The SMILES string of the molecule is CC(C)(C)C1=NNC(=O)C1Oc1ccccc1. The zero-order chi connectivity index (χ0) is 12.5. The molecule has 17 heavy (non-hydrogen) atoms. The Balaban J connectivity index is 2.20. The summed E-state index contributed by atoms with van der Waals surface area (Å²) in [7, 11) is 0. The van der Waals surface area contributed by atoms with Gasteiger partial charge in [-0.15, -0.1) is 0 Å². The predicted molar refractivity (Wildman–Crippen MR) is 65.9 cm³/mol. The van der Waals surface area contributed by atoms with Gasteiger partial charge in [0.2, 0.25) is 6.10 Å². The molecule has 0 aliphatic carbocycles. The minimum atomic E-state index is -0.627. The topological polar surface area (TPSA) is 50.7 Å². The van der Waals surface area contributed by atoms with Crippen LogP contribution in [0.2, 0.25) is 0 Å². The maximum Gasteiger partial charge on any atom is 0.287 e. The number of hydrogen-bond donors (Lipinski definition) is 1. The quantitative estimate of drug-likeness (QED) is 0.847. The number of benzene rings is 1. The van der Waals surface area contributed by atoms with Crippen LogP contribution in [0.5, 0.6) is 5.75 Å². The third-order valence-electron chi connectivity index (χ3n) is 2.54. The number of para-hydroxylation sites is 1. The van der Waals surface area contributed by atoms with Crippen LogP contribution >= 0.6 is 0 Å². The second-order valence-electron chi connectivity index (χ2n) is 5.03. The zero-order valence-electron chi connectivity index (χ0n) is 10.2. The highest BCUT2D eigenvalue weighted by molar-refractivity contribution is 6.13. The number of hydrazone groups is 1. The molecule has 0 saturated heterocycles. The van der Waals surface area contributed by atoms with Crippen molar-refractivity contribution in [2.75, 3.05) is 0 Å². The highest BCUT2D eigenvalue weighted by Gasteiger charge is 2.38. The van der Waals surface area contributed by atoms with Crippen LogP contribution in [0.1, 0.15) is 20.8 Å². The molecule has 90 valence electrons. The summed E-state index contributed by atoms with van der Waals surface area (Å²) in [5.41, 5.74) is 3.00. The first kappa shape index (κ1) is 11.6. The molecular formula is C13H16N2O2. The number of rotatable bonds is 2. The Labute approximate surface area is 101 Å². The van der Waals surface area contributed by atoms with Crippen molar-refractivity contribution in [3.05, 3.63) is 30.3 Å². The summed E-state index contributed by atoms with van der Waals surface area (Å²) >= 11 is 0. The molecule has 0 saturated carbocycles. The normalized spacial score (nSPS) is 19.8. The lowest BCUT2D eigenvalue weighted by Gasteiger charge is -2.22. The van der Waals surface area contributed by atoms with E-state index in [2.05, 4.69) is 10.5 Å². The largest absolute Gasteiger partial charge is 0.474 e. The lowest BCUT2D eigenvalue weighted by molar-refractivity contribution is -0.124. The summed E-state index contributed by atoms with van der Waals surface area (Å²) in [6.45, 7) is 6.02. The molecule has 0 aromatic heterocycles. The van der Waals surface area contributed by atoms with Crippen LogP contribution in [0.25, 0.3) is 0 Å². The van der Waals surface area contributed by atoms with E-state index in [0.29, 0.717) is 5.75 Å². The van der Waals surface area contributed by atoms with Gasteiger partial charge in [-0.3, -0.25) is 4.79 Å². The number of hydrogen-bond acceptors (Lipinski definition) is 3. The summed E-state index contributed by atoms with van der Waals surface area (Å²) in [4.78, 5) is 11.7. The van der Waals surface area contributed by atoms with E-state index in [1.54, 1.807) is 0 Å². The van der Waals surface area contributed by atoms with Crippen LogP contribution in [0, 0.1) is 5.41 Å². The molecule has 1 aliphatic heterocycles. The Morgan fingerprint density at radius 1 is 1.24 bits per heavy atom. The van der Waals surface area contributed by atoms with Crippen molar-refractivity contribution in [2.24, 2.45) is 10.5 Å². The Morgan fingerprint density at radius 2 is 1.88 bits per heavy atom. The molecule has 1 N–H and O–H groups in total. The first-order valence-electron chi connectivity index (χ1n) is 5.58. The Kier molecular flexibility index (Phi) is 2.88. The van der Waals surface area contributed by atoms with E-state index >= 15 is 0 Å². The first-order chi connectivity index (χ1) is 7.98. The van der Waals surface area contributed by atoms with Crippen LogP contribution in [0.4, 0.5) is 0 Å². The number of carbonyl (C=O) groups excluding carboxylic acids is 1. The fourth-order valence-electron chi connectivity index (χ4n) is 1.66. The molecule has 1 atom stereocenters. The molecule has 1 heterocycles. The van der Waals surface area contributed by atoms with Crippen molar-refractivity contribution in [1.29, 1.82) is 0 Å². The van der Waals surface area contributed by atoms with Crippen molar-refractivity contribution in [3.8, 4) is 5.75 Å². The standard InChI is InChI=1S/C13H16N2O2/c1-13(2,3)11-10(12(16)15-14-11)17-9-7-5-4-6-8-9/h4-8,10H,1-3H3,(H,15,16). The molecule has 0 radical (unpaired) electrons. The predicted octanol–water partition coefficient (Wildman–Crippen LogP) is 1.97. The van der Waals surface area contributed by atoms with Gasteiger partial charge in [0.05, 0.1) is 5.71 Å². The molecule has 1 aliphatic rings. The van der Waals surface area contributed by atoms with Gasteiger partial charge in [-0.2, -0.15) is 5.10 Å². The summed E-state index contributed by atoms with van der Waals surface area (Å²) in [6, 6.07) is 9.30. The van der Waals surface area contributed by atoms with Crippen LogP contribution in [-0.4, -0.2) is 17.7 Å². The molecule has 1 amide bonds. The minimum absolute atomic E-state index is 0.196. The van der Waals surface area contributed by atoms with E-state index in [1.165, 1.54) is 0 Å². The zero-order valence-corrected chi connectivity index (χ0v) is 10.2. The van der Waals surface area contributed by atoms with Crippen molar-refractivity contribution in [1.82, 2.24) is 5.43 Å². The Bertz CT molecular complexity index is 446. The lowest BCUT2D eigenvalue weighted by atomic mass is 9.87. The monoisotopic (exact) mass is 232 g/mol. The fourth-order valence-corrected chi connectivity index (χ4v) is 1.66. The van der Waals surface area contributed by atoms with Gasteiger partial charge < -0.3 is 4.74 Å². The average molecular weight is 232 g/mol. The van der Waals surface area contributed by atoms with Gasteiger partial charge in [-0.05, 0) is 12.1 Å². The maximum atomic E-state index is 11.7. The van der Waals surface area contributed by atoms with E-state index in [1.807, 2.05) is 51.1 Å². The van der Waals surface area contributed by atoms with Crippen molar-refractivity contribution in [3.63, 3.8) is 0 Å². The molecule has 1 unspecified atom stereocenters. The number of amides is 1. The van der Waals surface area contributed by atoms with E-state index in [4.69, 9.17) is 4.74 Å². The van der Waals surface area contributed by atoms with E-state index in [-0.39, 0.29) is 11.3 Å². The number of ether oxygens (including phenoxy) is 1. The van der Waals surface area contributed by atoms with Gasteiger partial charge in [0.25, 0.3) is 5.91 Å². The third kappa shape index (κ3) is 2.46. The van der Waals surface area contributed by atoms with Gasteiger partial charge in [0.1, 0.15) is 5.75 Å². The highest BCUT2D eigenvalue weighted by Crippen LogP contribution is 2.24. The average Bonchev–Trinajstić information content (AvgIpc) is 2.62. The second kappa shape index (κ2) is 4.20. The fraction of sp³-hybridized carbons (Fsp3) is 0.385. The third-order valence-corrected chi connectivity index (χ3v) is 2.54. The summed E-state index contributed by atoms with van der Waals surface area (Å²) in [5.74, 6) is 0.463. The van der Waals surface area contributed by atoms with E-state index < -0.39 is 6.10 Å². The summed E-state index contributed by atoms with van der Waals surface area (Å²) in [5, 5.41) is 4.06. The van der Waals surface area contributed by atoms with Crippen molar-refractivity contribution >= 4 is 11.6 Å². The summed E-state index contributed by atoms with van der Waals surface area (Å²) < 4.78 is 5.68.